The lowest BCUT2D eigenvalue weighted by Gasteiger charge is -2.40. The first kappa shape index (κ1) is 18.3. The maximum absolute atomic E-state index is 10.4. The first-order valence-electron chi connectivity index (χ1n) is 9.22. The molecule has 0 saturated heterocycles. The Bertz CT molecular complexity index is 683. The molecule has 1 fully saturated rings. The highest BCUT2D eigenvalue weighted by atomic mass is 16.5. The first-order chi connectivity index (χ1) is 11.6. The van der Waals surface area contributed by atoms with Gasteiger partial charge in [0.1, 0.15) is 11.5 Å². The van der Waals surface area contributed by atoms with Crippen LogP contribution in [-0.2, 0) is 5.41 Å². The van der Waals surface area contributed by atoms with Crippen LogP contribution in [0.4, 0.5) is 0 Å². The quantitative estimate of drug-likeness (QED) is 0.851. The summed E-state index contributed by atoms with van der Waals surface area (Å²) in [5.41, 5.74) is 3.24. The molecule has 0 aromatic heterocycles. The largest absolute Gasteiger partial charge is 0.496 e. The molecule has 138 valence electrons. The number of rotatable bonds is 4. The van der Waals surface area contributed by atoms with E-state index in [1.807, 2.05) is 0 Å². The lowest BCUT2D eigenvalue weighted by Crippen LogP contribution is -2.36. The van der Waals surface area contributed by atoms with Crippen LogP contribution in [0, 0.1) is 16.7 Å². The molecule has 3 nitrogen and oxygen atoms in total. The van der Waals surface area contributed by atoms with Gasteiger partial charge in [0.2, 0.25) is 0 Å². The number of methoxy groups -OCH3 is 2. The average Bonchev–Trinajstić information content (AvgIpc) is 2.95. The molecule has 0 amide bonds. The molecular formula is C22H32O3. The predicted molar refractivity (Wildman–Crippen MR) is 102 cm³/mol. The fourth-order valence-corrected chi connectivity index (χ4v) is 4.87. The van der Waals surface area contributed by atoms with Gasteiger partial charge in [0, 0.05) is 5.41 Å². The van der Waals surface area contributed by atoms with Crippen molar-refractivity contribution in [3.05, 3.63) is 29.3 Å². The minimum absolute atomic E-state index is 0.0100. The fourth-order valence-electron chi connectivity index (χ4n) is 4.87. The van der Waals surface area contributed by atoms with Crippen LogP contribution in [0.25, 0.3) is 5.57 Å². The van der Waals surface area contributed by atoms with Crippen LogP contribution in [0.1, 0.15) is 58.6 Å². The van der Waals surface area contributed by atoms with E-state index >= 15 is 0 Å². The minimum Gasteiger partial charge on any atom is -0.496 e. The molecule has 1 saturated carbocycles. The highest BCUT2D eigenvalue weighted by molar-refractivity contribution is 5.83. The Hall–Kier alpha value is -1.48. The van der Waals surface area contributed by atoms with Crippen molar-refractivity contribution >= 4 is 5.57 Å². The van der Waals surface area contributed by atoms with Crippen molar-refractivity contribution in [1.29, 1.82) is 0 Å². The molecule has 3 heteroatoms. The van der Waals surface area contributed by atoms with Gasteiger partial charge in [0.05, 0.1) is 26.4 Å². The molecule has 0 aliphatic heterocycles. The van der Waals surface area contributed by atoms with Crippen LogP contribution in [-0.4, -0.2) is 25.9 Å². The Morgan fingerprint density at radius 3 is 2.08 bits per heavy atom. The summed E-state index contributed by atoms with van der Waals surface area (Å²) in [6, 6.07) is 4.26. The van der Waals surface area contributed by atoms with Crippen LogP contribution in [0.2, 0.25) is 0 Å². The Kier molecular flexibility index (Phi) is 4.23. The van der Waals surface area contributed by atoms with Gasteiger partial charge in [-0.2, -0.15) is 0 Å². The van der Waals surface area contributed by atoms with E-state index in [-0.39, 0.29) is 22.9 Å². The van der Waals surface area contributed by atoms with E-state index in [2.05, 4.69) is 52.8 Å². The summed E-state index contributed by atoms with van der Waals surface area (Å²) in [7, 11) is 3.44. The third kappa shape index (κ3) is 2.43. The van der Waals surface area contributed by atoms with E-state index in [9.17, 15) is 5.11 Å². The van der Waals surface area contributed by atoms with E-state index in [0.29, 0.717) is 5.92 Å². The Labute approximate surface area is 152 Å². The smallest absolute Gasteiger partial charge is 0.130 e. The maximum Gasteiger partial charge on any atom is 0.130 e. The number of fused-ring (bicyclic) bond motifs is 2. The third-order valence-electron chi connectivity index (χ3n) is 6.84. The number of benzene rings is 1. The molecule has 0 spiro atoms. The third-order valence-corrected chi connectivity index (χ3v) is 6.84. The van der Waals surface area contributed by atoms with Gasteiger partial charge in [-0.1, -0.05) is 40.7 Å². The topological polar surface area (TPSA) is 38.7 Å². The summed E-state index contributed by atoms with van der Waals surface area (Å²) < 4.78 is 11.6. The highest BCUT2D eigenvalue weighted by Gasteiger charge is 2.60. The van der Waals surface area contributed by atoms with Gasteiger partial charge in [-0.25, -0.2) is 0 Å². The van der Waals surface area contributed by atoms with Gasteiger partial charge >= 0.3 is 0 Å². The van der Waals surface area contributed by atoms with E-state index in [4.69, 9.17) is 9.47 Å². The predicted octanol–water partition coefficient (Wildman–Crippen LogP) is 4.81. The molecule has 2 aliphatic carbocycles. The average molecular weight is 344 g/mol. The molecule has 25 heavy (non-hydrogen) atoms. The molecule has 2 bridgehead atoms. The van der Waals surface area contributed by atoms with E-state index < -0.39 is 0 Å². The van der Waals surface area contributed by atoms with Gasteiger partial charge in [-0.05, 0) is 52.9 Å². The minimum atomic E-state index is -0.221. The van der Waals surface area contributed by atoms with E-state index in [0.717, 1.165) is 29.9 Å². The normalized spacial score (nSPS) is 27.4. The number of ether oxygens (including phenoxy) is 2. The zero-order valence-corrected chi connectivity index (χ0v) is 16.7. The number of hydrogen-bond acceptors (Lipinski definition) is 3. The lowest BCUT2D eigenvalue weighted by atomic mass is 9.65. The SMILES string of the molecule is COc1cc(C(C)(C)C)cc(OC)c1C1=C[C@H]2CC[C@]1(CO)C2(C)C. The van der Waals surface area contributed by atoms with Gasteiger partial charge in [0.15, 0.2) is 0 Å². The number of aliphatic hydroxyl groups is 1. The summed E-state index contributed by atoms with van der Waals surface area (Å²) in [5.74, 6) is 2.17. The standard InChI is InChI=1S/C22H32O3/c1-20(2,3)15-11-17(24-6)19(18(12-15)25-7)16-10-14-8-9-22(16,13-23)21(14,4)5/h10-12,14,23H,8-9,13H2,1-7H3/t14-,22-/m1/s1. The van der Waals surface area contributed by atoms with Crippen LogP contribution in [0.15, 0.2) is 18.2 Å². The monoisotopic (exact) mass is 344 g/mol. The molecule has 1 aromatic carbocycles. The molecule has 3 rings (SSSR count). The molecule has 2 atom stereocenters. The van der Waals surface area contributed by atoms with Crippen LogP contribution >= 0.6 is 0 Å². The molecule has 1 N–H and O–H groups in total. The van der Waals surface area contributed by atoms with Crippen LogP contribution < -0.4 is 9.47 Å². The van der Waals surface area contributed by atoms with Crippen molar-refractivity contribution in [2.45, 2.75) is 52.9 Å². The van der Waals surface area contributed by atoms with Gasteiger partial charge in [-0.15, -0.1) is 0 Å². The highest BCUT2D eigenvalue weighted by Crippen LogP contribution is 2.68. The lowest BCUT2D eigenvalue weighted by molar-refractivity contribution is 0.0828. The molecule has 1 aromatic rings. The second-order valence-electron chi connectivity index (χ2n) is 9.19. The van der Waals surface area contributed by atoms with E-state index in [1.165, 1.54) is 11.1 Å². The van der Waals surface area contributed by atoms with Gasteiger partial charge < -0.3 is 14.6 Å². The van der Waals surface area contributed by atoms with Crippen LogP contribution in [0.5, 0.6) is 11.5 Å². The number of hydrogen-bond donors (Lipinski definition) is 1. The second-order valence-corrected chi connectivity index (χ2v) is 9.19. The Morgan fingerprint density at radius 1 is 1.12 bits per heavy atom. The Balaban J connectivity index is 2.23. The van der Waals surface area contributed by atoms with Crippen molar-refractivity contribution in [3.63, 3.8) is 0 Å². The van der Waals surface area contributed by atoms with Gasteiger partial charge in [-0.3, -0.25) is 0 Å². The fraction of sp³-hybridized carbons (Fsp3) is 0.636. The number of aliphatic hydroxyl groups excluding tert-OH is 1. The molecular weight excluding hydrogens is 312 g/mol. The molecule has 0 heterocycles. The summed E-state index contributed by atoms with van der Waals surface area (Å²) in [6.45, 7) is 11.3. The van der Waals surface area contributed by atoms with Crippen molar-refractivity contribution in [2.24, 2.45) is 16.7 Å². The van der Waals surface area contributed by atoms with Crippen molar-refractivity contribution in [2.75, 3.05) is 20.8 Å². The molecule has 0 unspecified atom stereocenters. The summed E-state index contributed by atoms with van der Waals surface area (Å²) in [4.78, 5) is 0. The van der Waals surface area contributed by atoms with Crippen molar-refractivity contribution in [1.82, 2.24) is 0 Å². The van der Waals surface area contributed by atoms with Crippen molar-refractivity contribution in [3.8, 4) is 11.5 Å². The second kappa shape index (κ2) is 5.77. The molecule has 2 aliphatic rings. The van der Waals surface area contributed by atoms with Crippen molar-refractivity contribution < 1.29 is 14.6 Å². The summed E-state index contributed by atoms with van der Waals surface area (Å²) >= 11 is 0. The zero-order valence-electron chi connectivity index (χ0n) is 16.7. The van der Waals surface area contributed by atoms with Gasteiger partial charge in [0.25, 0.3) is 0 Å². The number of allylic oxidation sites excluding steroid dienone is 1. The zero-order chi connectivity index (χ0) is 18.6. The Morgan fingerprint density at radius 2 is 1.68 bits per heavy atom. The summed E-state index contributed by atoms with van der Waals surface area (Å²) in [6.07, 6.45) is 4.51. The van der Waals surface area contributed by atoms with E-state index in [1.54, 1.807) is 14.2 Å². The van der Waals surface area contributed by atoms with Crippen LogP contribution in [0.3, 0.4) is 0 Å². The first-order valence-corrected chi connectivity index (χ1v) is 9.22. The maximum atomic E-state index is 10.4. The molecule has 0 radical (unpaired) electrons. The summed E-state index contributed by atoms with van der Waals surface area (Å²) in [5, 5.41) is 10.4.